The van der Waals surface area contributed by atoms with E-state index >= 15 is 0 Å². The Kier molecular flexibility index (Phi) is 5.97. The zero-order chi connectivity index (χ0) is 19.4. The lowest BCUT2D eigenvalue weighted by Gasteiger charge is -2.35. The zero-order valence-electron chi connectivity index (χ0n) is 15.8. The van der Waals surface area contributed by atoms with Crippen LogP contribution in [0.1, 0.15) is 30.4 Å². The van der Waals surface area contributed by atoms with Crippen molar-refractivity contribution in [3.05, 3.63) is 65.7 Å². The fourth-order valence-electron chi connectivity index (χ4n) is 3.47. The highest BCUT2D eigenvalue weighted by molar-refractivity contribution is 7.89. The fourth-order valence-corrected chi connectivity index (χ4v) is 5.13. The van der Waals surface area contributed by atoms with Gasteiger partial charge in [0.25, 0.3) is 0 Å². The standard InChI is InChI=1S/C21H26N2O3S/c1-17-11-13-19(14-12-17)27(25,26)23-15-7-6-10-20(23)21(24)22(2)16-18-8-4-3-5-9-18/h3-5,8-9,11-14,20H,6-7,10,15-16H2,1-2H3/t20-/m0/s1. The van der Waals surface area contributed by atoms with Crippen molar-refractivity contribution in [1.29, 1.82) is 0 Å². The van der Waals surface area contributed by atoms with Crippen molar-refractivity contribution in [1.82, 2.24) is 9.21 Å². The van der Waals surface area contributed by atoms with E-state index in [-0.39, 0.29) is 10.8 Å². The number of benzene rings is 2. The Morgan fingerprint density at radius 3 is 2.41 bits per heavy atom. The van der Waals surface area contributed by atoms with Crippen molar-refractivity contribution in [3.63, 3.8) is 0 Å². The molecule has 0 bridgehead atoms. The number of aryl methyl sites for hydroxylation is 1. The van der Waals surface area contributed by atoms with E-state index in [0.717, 1.165) is 24.0 Å². The Balaban J connectivity index is 1.82. The summed E-state index contributed by atoms with van der Waals surface area (Å²) >= 11 is 0. The first-order valence-corrected chi connectivity index (χ1v) is 10.7. The molecule has 144 valence electrons. The maximum absolute atomic E-state index is 13.1. The molecule has 27 heavy (non-hydrogen) atoms. The smallest absolute Gasteiger partial charge is 0.243 e. The molecule has 1 atom stereocenters. The van der Waals surface area contributed by atoms with Gasteiger partial charge in [0.2, 0.25) is 15.9 Å². The highest BCUT2D eigenvalue weighted by Gasteiger charge is 2.38. The van der Waals surface area contributed by atoms with Crippen LogP contribution in [0.5, 0.6) is 0 Å². The van der Waals surface area contributed by atoms with Crippen LogP contribution < -0.4 is 0 Å². The van der Waals surface area contributed by atoms with E-state index in [4.69, 9.17) is 0 Å². The van der Waals surface area contributed by atoms with Crippen LogP contribution in [0.4, 0.5) is 0 Å². The van der Waals surface area contributed by atoms with E-state index in [9.17, 15) is 13.2 Å². The highest BCUT2D eigenvalue weighted by atomic mass is 32.2. The molecule has 0 unspecified atom stereocenters. The van der Waals surface area contributed by atoms with E-state index in [2.05, 4.69) is 0 Å². The van der Waals surface area contributed by atoms with Crippen LogP contribution in [0, 0.1) is 6.92 Å². The molecule has 0 aromatic heterocycles. The minimum absolute atomic E-state index is 0.144. The molecule has 0 radical (unpaired) electrons. The summed E-state index contributed by atoms with van der Waals surface area (Å²) in [5.74, 6) is -0.144. The molecule has 3 rings (SSSR count). The van der Waals surface area contributed by atoms with Gasteiger partial charge in [0.05, 0.1) is 4.90 Å². The molecule has 1 amide bonds. The Bertz CT molecular complexity index is 879. The topological polar surface area (TPSA) is 57.7 Å². The number of nitrogens with zero attached hydrogens (tertiary/aromatic N) is 2. The lowest BCUT2D eigenvalue weighted by Crippen LogP contribution is -2.51. The Hall–Kier alpha value is -2.18. The van der Waals surface area contributed by atoms with Gasteiger partial charge in [-0.2, -0.15) is 4.31 Å². The number of rotatable bonds is 5. The van der Waals surface area contributed by atoms with Gasteiger partial charge in [0.1, 0.15) is 6.04 Å². The number of amides is 1. The largest absolute Gasteiger partial charge is 0.340 e. The van der Waals surface area contributed by atoms with Gasteiger partial charge in [-0.25, -0.2) is 8.42 Å². The quantitative estimate of drug-likeness (QED) is 0.793. The first-order chi connectivity index (χ1) is 12.9. The van der Waals surface area contributed by atoms with Gasteiger partial charge < -0.3 is 4.90 Å². The molecule has 1 aliphatic rings. The third kappa shape index (κ3) is 4.39. The predicted molar refractivity (Wildman–Crippen MR) is 106 cm³/mol. The molecule has 1 aliphatic heterocycles. The fraction of sp³-hybridized carbons (Fsp3) is 0.381. The number of hydrogen-bond acceptors (Lipinski definition) is 3. The van der Waals surface area contributed by atoms with Crippen molar-refractivity contribution in [3.8, 4) is 0 Å². The van der Waals surface area contributed by atoms with Crippen molar-refractivity contribution >= 4 is 15.9 Å². The summed E-state index contributed by atoms with van der Waals surface area (Å²) in [5.41, 5.74) is 2.03. The lowest BCUT2D eigenvalue weighted by atomic mass is 10.0. The number of sulfonamides is 1. The molecule has 1 fully saturated rings. The Labute approximate surface area is 161 Å². The van der Waals surface area contributed by atoms with Crippen LogP contribution in [0.15, 0.2) is 59.5 Å². The predicted octanol–water partition coefficient (Wildman–Crippen LogP) is 3.20. The number of piperidine rings is 1. The number of carbonyl (C=O) groups is 1. The van der Waals surface area contributed by atoms with Crippen LogP contribution in [0.3, 0.4) is 0 Å². The van der Waals surface area contributed by atoms with Crippen LogP contribution in [-0.2, 0) is 21.4 Å². The summed E-state index contributed by atoms with van der Waals surface area (Å²) in [4.78, 5) is 14.9. The Morgan fingerprint density at radius 2 is 1.74 bits per heavy atom. The lowest BCUT2D eigenvalue weighted by molar-refractivity contribution is -0.135. The van der Waals surface area contributed by atoms with E-state index in [1.54, 1.807) is 36.2 Å². The van der Waals surface area contributed by atoms with E-state index in [1.807, 2.05) is 37.3 Å². The van der Waals surface area contributed by atoms with Crippen molar-refractivity contribution in [2.24, 2.45) is 0 Å². The van der Waals surface area contributed by atoms with Gasteiger partial charge in [-0.1, -0.05) is 54.4 Å². The minimum atomic E-state index is -3.69. The minimum Gasteiger partial charge on any atom is -0.340 e. The van der Waals surface area contributed by atoms with Gasteiger partial charge >= 0.3 is 0 Å². The maximum Gasteiger partial charge on any atom is 0.243 e. The van der Waals surface area contributed by atoms with Gasteiger partial charge in [0, 0.05) is 20.1 Å². The SMILES string of the molecule is Cc1ccc(S(=O)(=O)N2CCCC[C@H]2C(=O)N(C)Cc2ccccc2)cc1. The summed E-state index contributed by atoms with van der Waals surface area (Å²) in [6.45, 7) is 2.77. The van der Waals surface area contributed by atoms with Crippen LogP contribution in [-0.4, -0.2) is 43.2 Å². The molecular formula is C21H26N2O3S. The second-order valence-corrected chi connectivity index (χ2v) is 9.01. The third-order valence-corrected chi connectivity index (χ3v) is 6.93. The summed E-state index contributed by atoms with van der Waals surface area (Å²) in [6.07, 6.45) is 2.19. The molecule has 0 spiro atoms. The Morgan fingerprint density at radius 1 is 1.07 bits per heavy atom. The molecular weight excluding hydrogens is 360 g/mol. The van der Waals surface area contributed by atoms with Gasteiger partial charge in [-0.05, 0) is 37.5 Å². The summed E-state index contributed by atoms with van der Waals surface area (Å²) in [5, 5.41) is 0. The average Bonchev–Trinajstić information content (AvgIpc) is 2.68. The van der Waals surface area contributed by atoms with Crippen LogP contribution in [0.2, 0.25) is 0 Å². The van der Waals surface area contributed by atoms with Crippen LogP contribution >= 0.6 is 0 Å². The average molecular weight is 387 g/mol. The van der Waals surface area contributed by atoms with E-state index in [1.165, 1.54) is 4.31 Å². The first-order valence-electron chi connectivity index (χ1n) is 9.27. The van der Waals surface area contributed by atoms with Crippen molar-refractivity contribution < 1.29 is 13.2 Å². The molecule has 1 saturated heterocycles. The van der Waals surface area contributed by atoms with Gasteiger partial charge in [-0.3, -0.25) is 4.79 Å². The highest BCUT2D eigenvalue weighted by Crippen LogP contribution is 2.27. The molecule has 2 aromatic carbocycles. The summed E-state index contributed by atoms with van der Waals surface area (Å²) < 4.78 is 27.7. The molecule has 0 aliphatic carbocycles. The molecule has 0 saturated carbocycles. The number of likely N-dealkylation sites (N-methyl/N-ethyl adjacent to an activating group) is 1. The normalized spacial score (nSPS) is 18.2. The molecule has 2 aromatic rings. The van der Waals surface area contributed by atoms with Gasteiger partial charge in [-0.15, -0.1) is 0 Å². The molecule has 1 heterocycles. The monoisotopic (exact) mass is 386 g/mol. The summed E-state index contributed by atoms with van der Waals surface area (Å²) in [7, 11) is -1.96. The van der Waals surface area contributed by atoms with E-state index in [0.29, 0.717) is 19.5 Å². The van der Waals surface area contributed by atoms with E-state index < -0.39 is 16.1 Å². The van der Waals surface area contributed by atoms with Crippen molar-refractivity contribution in [2.75, 3.05) is 13.6 Å². The van der Waals surface area contributed by atoms with Crippen LogP contribution in [0.25, 0.3) is 0 Å². The zero-order valence-corrected chi connectivity index (χ0v) is 16.7. The van der Waals surface area contributed by atoms with Gasteiger partial charge in [0.15, 0.2) is 0 Å². The number of carbonyl (C=O) groups excluding carboxylic acids is 1. The molecule has 6 heteroatoms. The summed E-state index contributed by atoms with van der Waals surface area (Å²) in [6, 6.07) is 15.9. The molecule has 5 nitrogen and oxygen atoms in total. The third-order valence-electron chi connectivity index (χ3n) is 5.01. The second kappa shape index (κ2) is 8.23. The maximum atomic E-state index is 13.1. The molecule has 0 N–H and O–H groups in total. The van der Waals surface area contributed by atoms with Crippen molar-refractivity contribution in [2.45, 2.75) is 43.7 Å². The first kappa shape index (κ1) is 19.6. The number of hydrogen-bond donors (Lipinski definition) is 0. The second-order valence-electron chi connectivity index (χ2n) is 7.12.